The highest BCUT2D eigenvalue weighted by molar-refractivity contribution is 5.99. The van der Waals surface area contributed by atoms with Gasteiger partial charge in [0.05, 0.1) is 18.8 Å². The van der Waals surface area contributed by atoms with Crippen molar-refractivity contribution < 1.29 is 27.4 Å². The average Bonchev–Trinajstić information content (AvgIpc) is 3.03. The molecule has 2 aromatic heterocycles. The third kappa shape index (κ3) is 4.58. The fourth-order valence-corrected chi connectivity index (χ4v) is 2.65. The Bertz CT molecular complexity index is 970. The minimum atomic E-state index is -4.77. The summed E-state index contributed by atoms with van der Waals surface area (Å²) in [5.74, 6) is -0.773. The van der Waals surface area contributed by atoms with E-state index in [1.165, 1.54) is 42.1 Å². The van der Waals surface area contributed by atoms with E-state index in [4.69, 9.17) is 4.74 Å². The smallest absolute Gasteiger partial charge is 0.406 e. The number of hydrogen-bond acceptors (Lipinski definition) is 5. The summed E-state index contributed by atoms with van der Waals surface area (Å²) in [6.45, 7) is 1.98. The average molecular weight is 394 g/mol. The second-order valence-corrected chi connectivity index (χ2v) is 6.06. The van der Waals surface area contributed by atoms with Crippen LogP contribution in [0.2, 0.25) is 0 Å². The Kier molecular flexibility index (Phi) is 5.50. The molecule has 1 unspecified atom stereocenters. The Morgan fingerprint density at radius 1 is 1.25 bits per heavy atom. The van der Waals surface area contributed by atoms with Crippen molar-refractivity contribution in [3.05, 3.63) is 59.5 Å². The molecule has 3 aromatic rings. The number of fused-ring (bicyclic) bond motifs is 1. The van der Waals surface area contributed by atoms with E-state index in [0.717, 1.165) is 5.56 Å². The summed E-state index contributed by atoms with van der Waals surface area (Å²) in [4.78, 5) is 16.9. The van der Waals surface area contributed by atoms with Crippen LogP contribution in [-0.2, 0) is 4.74 Å². The van der Waals surface area contributed by atoms with Crippen molar-refractivity contribution in [1.29, 1.82) is 0 Å². The van der Waals surface area contributed by atoms with Crippen LogP contribution in [0.1, 0.15) is 27.5 Å². The number of amides is 1. The zero-order chi connectivity index (χ0) is 20.3. The number of nitrogens with zero attached hydrogens (tertiary/aromatic N) is 3. The van der Waals surface area contributed by atoms with Crippen LogP contribution in [0.4, 0.5) is 13.2 Å². The van der Waals surface area contributed by atoms with Crippen LogP contribution in [0, 0.1) is 6.92 Å². The van der Waals surface area contributed by atoms with Crippen LogP contribution < -0.4 is 10.1 Å². The second-order valence-electron chi connectivity index (χ2n) is 6.06. The Labute approximate surface area is 158 Å². The van der Waals surface area contributed by atoms with E-state index in [1.54, 1.807) is 12.4 Å². The topological polar surface area (TPSA) is 77.8 Å². The van der Waals surface area contributed by atoms with E-state index in [2.05, 4.69) is 20.1 Å². The third-order valence-electron chi connectivity index (χ3n) is 3.88. The summed E-state index contributed by atoms with van der Waals surface area (Å²) in [5.41, 5.74) is 2.12. The molecule has 3 rings (SSSR count). The van der Waals surface area contributed by atoms with Crippen molar-refractivity contribution in [3.63, 3.8) is 0 Å². The maximum Gasteiger partial charge on any atom is 0.573 e. The predicted molar refractivity (Wildman–Crippen MR) is 92.9 cm³/mol. The number of benzene rings is 1. The molecule has 0 saturated carbocycles. The van der Waals surface area contributed by atoms with E-state index in [0.29, 0.717) is 11.2 Å². The van der Waals surface area contributed by atoms with Crippen LogP contribution in [0.25, 0.3) is 5.65 Å². The molecule has 1 aromatic carbocycles. The maximum atomic E-state index is 12.7. The molecule has 2 heterocycles. The molecule has 0 radical (unpaired) electrons. The lowest BCUT2D eigenvalue weighted by molar-refractivity contribution is -0.274. The molecule has 1 atom stereocenters. The summed E-state index contributed by atoms with van der Waals surface area (Å²) in [6.07, 6.45) is 0.00267. The standard InChI is InChI=1S/C18H17F3N4O3/c1-11-7-22-16-14(8-23-25(16)9-11)17(26)24-15(10-27-2)12-3-5-13(6-4-12)28-18(19,20)21/h3-9,15H,10H2,1-2H3,(H,24,26). The van der Waals surface area contributed by atoms with Crippen molar-refractivity contribution in [2.75, 3.05) is 13.7 Å². The number of rotatable bonds is 6. The summed E-state index contributed by atoms with van der Waals surface area (Å²) in [5, 5.41) is 6.90. The molecule has 0 aliphatic carbocycles. The monoisotopic (exact) mass is 394 g/mol. The number of carbonyl (C=O) groups excluding carboxylic acids is 1. The van der Waals surface area contributed by atoms with Gasteiger partial charge in [0.25, 0.3) is 5.91 Å². The van der Waals surface area contributed by atoms with Gasteiger partial charge in [0.15, 0.2) is 5.65 Å². The van der Waals surface area contributed by atoms with Gasteiger partial charge in [-0.15, -0.1) is 13.2 Å². The van der Waals surface area contributed by atoms with E-state index in [9.17, 15) is 18.0 Å². The van der Waals surface area contributed by atoms with Gasteiger partial charge in [-0.2, -0.15) is 5.10 Å². The number of carbonyl (C=O) groups is 1. The van der Waals surface area contributed by atoms with E-state index >= 15 is 0 Å². The van der Waals surface area contributed by atoms with Crippen molar-refractivity contribution in [2.24, 2.45) is 0 Å². The van der Waals surface area contributed by atoms with Gasteiger partial charge in [-0.05, 0) is 30.2 Å². The molecule has 10 heteroatoms. The number of nitrogens with one attached hydrogen (secondary N) is 1. The van der Waals surface area contributed by atoms with Crippen molar-refractivity contribution in [1.82, 2.24) is 19.9 Å². The first kappa shape index (κ1) is 19.6. The van der Waals surface area contributed by atoms with E-state index in [1.807, 2.05) is 6.92 Å². The lowest BCUT2D eigenvalue weighted by Crippen LogP contribution is -2.31. The predicted octanol–water partition coefficient (Wildman–Crippen LogP) is 3.05. The summed E-state index contributed by atoms with van der Waals surface area (Å²) < 4.78 is 47.4. The molecule has 148 valence electrons. The van der Waals surface area contributed by atoms with Crippen molar-refractivity contribution in [2.45, 2.75) is 19.3 Å². The molecule has 0 spiro atoms. The molecule has 28 heavy (non-hydrogen) atoms. The number of halogens is 3. The van der Waals surface area contributed by atoms with Gasteiger partial charge in [0.1, 0.15) is 11.3 Å². The Hall–Kier alpha value is -3.14. The van der Waals surface area contributed by atoms with Gasteiger partial charge >= 0.3 is 6.36 Å². The van der Waals surface area contributed by atoms with Crippen LogP contribution in [0.15, 0.2) is 42.9 Å². The fraction of sp³-hybridized carbons (Fsp3) is 0.278. The van der Waals surface area contributed by atoms with Gasteiger partial charge < -0.3 is 14.8 Å². The van der Waals surface area contributed by atoms with Gasteiger partial charge in [0, 0.05) is 19.5 Å². The summed E-state index contributed by atoms with van der Waals surface area (Å²) in [6, 6.07) is 4.64. The van der Waals surface area contributed by atoms with Crippen LogP contribution >= 0.6 is 0 Å². The molecule has 0 aliphatic heterocycles. The highest BCUT2D eigenvalue weighted by Gasteiger charge is 2.31. The summed E-state index contributed by atoms with van der Waals surface area (Å²) >= 11 is 0. The van der Waals surface area contributed by atoms with Crippen molar-refractivity contribution >= 4 is 11.6 Å². The van der Waals surface area contributed by atoms with Gasteiger partial charge in [-0.1, -0.05) is 12.1 Å². The highest BCUT2D eigenvalue weighted by atomic mass is 19.4. The first-order valence-electron chi connectivity index (χ1n) is 8.22. The molecular formula is C18H17F3N4O3. The first-order valence-corrected chi connectivity index (χ1v) is 8.22. The molecule has 0 saturated heterocycles. The number of alkyl halides is 3. The molecule has 0 aliphatic rings. The SMILES string of the molecule is COCC(NC(=O)c1cnn2cc(C)cnc12)c1ccc(OC(F)(F)F)cc1. The lowest BCUT2D eigenvalue weighted by atomic mass is 10.1. The zero-order valence-electron chi connectivity index (χ0n) is 15.0. The van der Waals surface area contributed by atoms with E-state index < -0.39 is 18.3 Å². The molecule has 0 bridgehead atoms. The van der Waals surface area contributed by atoms with Gasteiger partial charge in [-0.3, -0.25) is 4.79 Å². The number of hydrogen-bond donors (Lipinski definition) is 1. The Morgan fingerprint density at radius 3 is 2.61 bits per heavy atom. The van der Waals surface area contributed by atoms with Gasteiger partial charge in [0.2, 0.25) is 0 Å². The van der Waals surface area contributed by atoms with Crippen molar-refractivity contribution in [3.8, 4) is 5.75 Å². The quantitative estimate of drug-likeness (QED) is 0.695. The van der Waals surface area contributed by atoms with Crippen LogP contribution in [0.5, 0.6) is 5.75 Å². The van der Waals surface area contributed by atoms with Gasteiger partial charge in [-0.25, -0.2) is 9.50 Å². The van der Waals surface area contributed by atoms with Crippen LogP contribution in [-0.4, -0.2) is 40.6 Å². The fourth-order valence-electron chi connectivity index (χ4n) is 2.65. The molecular weight excluding hydrogens is 377 g/mol. The summed E-state index contributed by atoms with van der Waals surface area (Å²) in [7, 11) is 1.46. The number of ether oxygens (including phenoxy) is 2. The lowest BCUT2D eigenvalue weighted by Gasteiger charge is -2.18. The highest BCUT2D eigenvalue weighted by Crippen LogP contribution is 2.25. The maximum absolute atomic E-state index is 12.7. The molecule has 1 N–H and O–H groups in total. The second kappa shape index (κ2) is 7.85. The normalized spacial score (nSPS) is 12.8. The number of aryl methyl sites for hydroxylation is 1. The molecule has 0 fully saturated rings. The number of methoxy groups -OCH3 is 1. The van der Waals surface area contributed by atoms with E-state index in [-0.39, 0.29) is 17.9 Å². The first-order chi connectivity index (χ1) is 13.3. The molecule has 1 amide bonds. The van der Waals surface area contributed by atoms with Crippen LogP contribution in [0.3, 0.4) is 0 Å². The Balaban J connectivity index is 1.79. The zero-order valence-corrected chi connectivity index (χ0v) is 15.0. The number of aromatic nitrogens is 3. The minimum Gasteiger partial charge on any atom is -0.406 e. The third-order valence-corrected chi connectivity index (χ3v) is 3.88. The molecule has 7 nitrogen and oxygen atoms in total. The largest absolute Gasteiger partial charge is 0.573 e. The minimum absolute atomic E-state index is 0.122. The Morgan fingerprint density at radius 2 is 1.96 bits per heavy atom.